The van der Waals surface area contributed by atoms with E-state index in [0.717, 1.165) is 0 Å². The number of halogens is 3. The van der Waals surface area contributed by atoms with Gasteiger partial charge in [-0.2, -0.15) is 0 Å². The number of hydrogen-bond donors (Lipinski definition) is 3. The second-order valence-electron chi connectivity index (χ2n) is 4.39. The van der Waals surface area contributed by atoms with E-state index in [2.05, 4.69) is 4.99 Å². The van der Waals surface area contributed by atoms with Crippen LogP contribution in [0, 0.1) is 5.82 Å². The molecule has 0 aliphatic carbocycles. The molecule has 1 atom stereocenters. The third-order valence-electron chi connectivity index (χ3n) is 3.13. The predicted molar refractivity (Wildman–Crippen MR) is 78.2 cm³/mol. The van der Waals surface area contributed by atoms with Crippen molar-refractivity contribution in [3.05, 3.63) is 39.3 Å². The Bertz CT molecular complexity index is 691. The summed E-state index contributed by atoms with van der Waals surface area (Å²) in [6.45, 7) is 0. The van der Waals surface area contributed by atoms with E-state index in [4.69, 9.17) is 38.3 Å². The number of nitrogens with one attached hydrogen (secondary N) is 1. The molecule has 1 aliphatic heterocycles. The maximum Gasteiger partial charge on any atom is 0.355 e. The summed E-state index contributed by atoms with van der Waals surface area (Å²) in [5.74, 6) is -2.29. The molecular formula is C13H11Cl2FN2O4. The minimum absolute atomic E-state index is 0.00613. The summed E-state index contributed by atoms with van der Waals surface area (Å²) in [6, 6.07) is 1.90. The number of nitrogens with zero attached hydrogens (tertiary/aromatic N) is 1. The average Bonchev–Trinajstić information content (AvgIpc) is 2.48. The van der Waals surface area contributed by atoms with Gasteiger partial charge in [-0.15, -0.1) is 0 Å². The van der Waals surface area contributed by atoms with E-state index in [1.54, 1.807) is 0 Å². The van der Waals surface area contributed by atoms with Gasteiger partial charge in [0, 0.05) is 12.0 Å². The monoisotopic (exact) mass is 348 g/mol. The Morgan fingerprint density at radius 1 is 1.50 bits per heavy atom. The van der Waals surface area contributed by atoms with Crippen LogP contribution in [0.1, 0.15) is 18.0 Å². The van der Waals surface area contributed by atoms with Gasteiger partial charge in [0.15, 0.2) is 17.3 Å². The molecule has 22 heavy (non-hydrogen) atoms. The molecule has 1 aromatic rings. The van der Waals surface area contributed by atoms with Crippen LogP contribution in [0.5, 0.6) is 5.75 Å². The first kappa shape index (κ1) is 16.5. The first-order chi connectivity index (χ1) is 10.4. The van der Waals surface area contributed by atoms with Crippen molar-refractivity contribution in [3.63, 3.8) is 0 Å². The Hall–Kier alpha value is -1.83. The lowest BCUT2D eigenvalue weighted by atomic mass is 9.98. The summed E-state index contributed by atoms with van der Waals surface area (Å²) in [4.78, 5) is 15.1. The third kappa shape index (κ3) is 2.87. The van der Waals surface area contributed by atoms with E-state index in [-0.39, 0.29) is 33.5 Å². The van der Waals surface area contributed by atoms with Crippen LogP contribution in [-0.2, 0) is 4.79 Å². The fraction of sp³-hybridized carbons (Fsp3) is 0.231. The smallest absolute Gasteiger partial charge is 0.355 e. The van der Waals surface area contributed by atoms with Crippen molar-refractivity contribution in [2.75, 3.05) is 7.11 Å². The highest BCUT2D eigenvalue weighted by Gasteiger charge is 2.30. The van der Waals surface area contributed by atoms with Crippen LogP contribution in [0.2, 0.25) is 5.02 Å². The van der Waals surface area contributed by atoms with Crippen molar-refractivity contribution >= 4 is 34.9 Å². The average molecular weight is 349 g/mol. The third-order valence-corrected chi connectivity index (χ3v) is 3.84. The Morgan fingerprint density at radius 3 is 2.73 bits per heavy atom. The fourth-order valence-corrected chi connectivity index (χ4v) is 2.57. The topological polar surface area (TPSA) is 91.1 Å². The number of aliphatic imine (C=N–C) groups is 1. The van der Waals surface area contributed by atoms with Gasteiger partial charge in [-0.3, -0.25) is 15.7 Å². The van der Waals surface area contributed by atoms with E-state index >= 15 is 0 Å². The molecule has 0 saturated carbocycles. The van der Waals surface area contributed by atoms with Gasteiger partial charge < -0.3 is 9.84 Å². The predicted octanol–water partition coefficient (Wildman–Crippen LogP) is 2.89. The SMILES string of the molecule is COc1c(Cl)ccc(C2CC(NO)=C(Cl)C(C(=O)O)=N2)c1F. The molecule has 0 radical (unpaired) electrons. The van der Waals surface area contributed by atoms with Gasteiger partial charge in [0.05, 0.1) is 28.9 Å². The Labute approximate surface area is 134 Å². The summed E-state index contributed by atoms with van der Waals surface area (Å²) in [5, 5.41) is 18.0. The molecule has 9 heteroatoms. The summed E-state index contributed by atoms with van der Waals surface area (Å²) < 4.78 is 19.3. The molecule has 0 fully saturated rings. The van der Waals surface area contributed by atoms with Gasteiger partial charge in [0.1, 0.15) is 0 Å². The molecule has 0 spiro atoms. The number of carbonyl (C=O) groups is 1. The molecule has 3 N–H and O–H groups in total. The van der Waals surface area contributed by atoms with Gasteiger partial charge in [-0.25, -0.2) is 9.18 Å². The van der Waals surface area contributed by atoms with E-state index in [9.17, 15) is 9.18 Å². The molecule has 0 aromatic heterocycles. The Balaban J connectivity index is 2.53. The van der Waals surface area contributed by atoms with Gasteiger partial charge >= 0.3 is 5.97 Å². The van der Waals surface area contributed by atoms with E-state index < -0.39 is 23.5 Å². The summed E-state index contributed by atoms with van der Waals surface area (Å²) in [6.07, 6.45) is -0.00613. The highest BCUT2D eigenvalue weighted by Crippen LogP contribution is 2.38. The number of carboxylic acids is 1. The highest BCUT2D eigenvalue weighted by atomic mass is 35.5. The van der Waals surface area contributed by atoms with Crippen LogP contribution >= 0.6 is 23.2 Å². The molecule has 1 unspecified atom stereocenters. The number of rotatable bonds is 4. The van der Waals surface area contributed by atoms with Crippen molar-refractivity contribution in [2.24, 2.45) is 4.99 Å². The number of dihydropyridines is 1. The van der Waals surface area contributed by atoms with Crippen LogP contribution in [-0.4, -0.2) is 29.1 Å². The highest BCUT2D eigenvalue weighted by molar-refractivity contribution is 6.58. The number of ether oxygens (including phenoxy) is 1. The lowest BCUT2D eigenvalue weighted by Gasteiger charge is -2.22. The van der Waals surface area contributed by atoms with E-state index in [1.807, 2.05) is 5.48 Å². The Kier molecular flexibility index (Phi) is 4.90. The number of hydrogen-bond acceptors (Lipinski definition) is 5. The van der Waals surface area contributed by atoms with Gasteiger partial charge in [-0.05, 0) is 6.07 Å². The largest absolute Gasteiger partial charge is 0.492 e. The van der Waals surface area contributed by atoms with E-state index in [0.29, 0.717) is 0 Å². The number of methoxy groups -OCH3 is 1. The summed E-state index contributed by atoms with van der Waals surface area (Å²) in [5.41, 5.74) is 1.47. The maximum atomic E-state index is 14.4. The zero-order chi connectivity index (χ0) is 16.4. The number of carboxylic acid groups (broad SMARTS) is 1. The number of aliphatic carboxylic acids is 1. The molecule has 118 valence electrons. The van der Waals surface area contributed by atoms with Crippen LogP contribution in [0.25, 0.3) is 0 Å². The molecule has 1 aliphatic rings. The quantitative estimate of drug-likeness (QED) is 0.727. The fourth-order valence-electron chi connectivity index (χ4n) is 2.10. The minimum Gasteiger partial charge on any atom is -0.492 e. The van der Waals surface area contributed by atoms with Crippen molar-refractivity contribution < 1.29 is 24.2 Å². The van der Waals surface area contributed by atoms with Crippen molar-refractivity contribution in [2.45, 2.75) is 12.5 Å². The first-order valence-electron chi connectivity index (χ1n) is 6.02. The molecule has 2 rings (SSSR count). The van der Waals surface area contributed by atoms with Crippen molar-refractivity contribution in [1.29, 1.82) is 0 Å². The van der Waals surface area contributed by atoms with Crippen LogP contribution in [0.15, 0.2) is 27.9 Å². The van der Waals surface area contributed by atoms with Gasteiger partial charge in [-0.1, -0.05) is 29.3 Å². The van der Waals surface area contributed by atoms with Gasteiger partial charge in [0.2, 0.25) is 0 Å². The second kappa shape index (κ2) is 6.51. The number of benzene rings is 1. The van der Waals surface area contributed by atoms with Crippen molar-refractivity contribution in [1.82, 2.24) is 5.48 Å². The molecule has 1 aromatic carbocycles. The molecule has 6 nitrogen and oxygen atoms in total. The standard InChI is InChI=1S/C13H11Cl2FN2O4/c1-22-12-6(14)3-2-5(10(12)16)7-4-8(18-21)9(15)11(17-7)13(19)20/h2-3,7,18,21H,4H2,1H3,(H,19,20). The first-order valence-corrected chi connectivity index (χ1v) is 6.78. The van der Waals surface area contributed by atoms with Gasteiger partial charge in [0.25, 0.3) is 0 Å². The normalized spacial score (nSPS) is 18.0. The lowest BCUT2D eigenvalue weighted by Crippen LogP contribution is -2.25. The van der Waals surface area contributed by atoms with E-state index in [1.165, 1.54) is 19.2 Å². The maximum absolute atomic E-state index is 14.4. The summed E-state index contributed by atoms with van der Waals surface area (Å²) in [7, 11) is 1.26. The van der Waals surface area contributed by atoms with Crippen molar-refractivity contribution in [3.8, 4) is 5.75 Å². The van der Waals surface area contributed by atoms with Crippen LogP contribution in [0.3, 0.4) is 0 Å². The van der Waals surface area contributed by atoms with Crippen LogP contribution < -0.4 is 10.2 Å². The lowest BCUT2D eigenvalue weighted by molar-refractivity contribution is -0.129. The number of hydroxylamine groups is 1. The minimum atomic E-state index is -1.39. The molecule has 1 heterocycles. The zero-order valence-corrected chi connectivity index (χ0v) is 12.7. The molecule has 0 amide bonds. The second-order valence-corrected chi connectivity index (χ2v) is 5.18. The molecule has 0 bridgehead atoms. The van der Waals surface area contributed by atoms with Crippen LogP contribution in [0.4, 0.5) is 4.39 Å². The Morgan fingerprint density at radius 2 is 2.18 bits per heavy atom. The molecule has 0 saturated heterocycles. The molecular weight excluding hydrogens is 338 g/mol. The summed E-state index contributed by atoms with van der Waals surface area (Å²) >= 11 is 11.6. The zero-order valence-electron chi connectivity index (χ0n) is 11.2.